The van der Waals surface area contributed by atoms with Crippen LogP contribution < -0.4 is 24.3 Å². The Morgan fingerprint density at radius 1 is 0.985 bits per heavy atom. The highest BCUT2D eigenvalue weighted by atomic mass is 32.2. The zero-order valence-electron chi connectivity index (χ0n) is 37.6. The lowest BCUT2D eigenvalue weighted by atomic mass is 9.71. The molecule has 1 aliphatic carbocycles. The van der Waals surface area contributed by atoms with Crippen LogP contribution in [-0.4, -0.2) is 91.0 Å². The van der Waals surface area contributed by atoms with E-state index in [1.54, 1.807) is 24.9 Å². The molecule has 1 saturated heterocycles. The molecule has 0 spiro atoms. The lowest BCUT2D eigenvalue weighted by molar-refractivity contribution is -0.0971. The van der Waals surface area contributed by atoms with Crippen LogP contribution in [0, 0.1) is 25.2 Å². The van der Waals surface area contributed by atoms with Crippen LogP contribution in [0.15, 0.2) is 97.6 Å². The number of aryl methyl sites for hydroxylation is 1. The number of piperazine rings is 1. The van der Waals surface area contributed by atoms with E-state index in [9.17, 15) is 15.2 Å². The molecule has 4 aliphatic heterocycles. The molecule has 5 aromatic carbocycles. The maximum atomic E-state index is 13.7. The Morgan fingerprint density at radius 2 is 1.70 bits per heavy atom. The van der Waals surface area contributed by atoms with Crippen molar-refractivity contribution < 1.29 is 38.3 Å². The second-order valence-electron chi connectivity index (χ2n) is 17.6. The maximum absolute atomic E-state index is 13.7. The third kappa shape index (κ3) is 7.50. The van der Waals surface area contributed by atoms with E-state index >= 15 is 0 Å². The van der Waals surface area contributed by atoms with Crippen LogP contribution in [0.2, 0.25) is 0 Å². The Bertz CT molecular complexity index is 2680. The highest BCUT2D eigenvalue weighted by molar-refractivity contribution is 7.99. The Labute approximate surface area is 390 Å². The summed E-state index contributed by atoms with van der Waals surface area (Å²) in [5.74, 6) is 3.76. The van der Waals surface area contributed by atoms with Gasteiger partial charge in [0.05, 0.1) is 31.9 Å². The molecule has 2 N–H and O–H groups in total. The molecule has 5 aliphatic rings. The van der Waals surface area contributed by atoms with E-state index in [0.717, 1.165) is 44.7 Å². The maximum Gasteiger partial charge on any atom is 0.409 e. The van der Waals surface area contributed by atoms with Crippen molar-refractivity contribution in [2.24, 2.45) is 0 Å². The molecule has 10 rings (SSSR count). The number of carbonyl (C=O) groups is 1. The minimum absolute atomic E-state index is 0.0299. The Kier molecular flexibility index (Phi) is 12.1. The van der Waals surface area contributed by atoms with Gasteiger partial charge in [0, 0.05) is 51.8 Å². The third-order valence-electron chi connectivity index (χ3n) is 14.1. The summed E-state index contributed by atoms with van der Waals surface area (Å²) in [6, 6.07) is 29.5. The molecule has 13 heteroatoms. The van der Waals surface area contributed by atoms with Gasteiger partial charge in [0.25, 0.3) is 0 Å². The van der Waals surface area contributed by atoms with Crippen molar-refractivity contribution in [1.82, 2.24) is 15.1 Å². The standard InChI is InChI=1S/C53H54N4O8S/c1-6-20-61-50-31(3)51-52(65-29-64-51)46-38(50)23-41-47-45-33(21-30(2)49(60-5)48(45)58)22-40(56(47)4)42(24-54)57(41)43(46)26-62-44(55-53(59)63-25-32-14-8-7-9-15-32)28-66-27-39-36-18-12-10-16-34(36)35-17-11-13-19-37(35)39/h6-19,21,39-44,47,58H,1,20,22-23,25-29H2,2-5H3,(H,55,59)/t40-,41?,42-,43-,44?,47-/m0/s1. The van der Waals surface area contributed by atoms with Crippen LogP contribution in [0.5, 0.6) is 28.7 Å². The lowest BCUT2D eigenvalue weighted by Gasteiger charge is -2.60. The first-order valence-corrected chi connectivity index (χ1v) is 23.7. The average molecular weight is 907 g/mol. The summed E-state index contributed by atoms with van der Waals surface area (Å²) in [5.41, 5.74) is 11.1. The summed E-state index contributed by atoms with van der Waals surface area (Å²) in [6.45, 7) is 8.31. The predicted molar refractivity (Wildman–Crippen MR) is 252 cm³/mol. The molecule has 0 saturated carbocycles. The summed E-state index contributed by atoms with van der Waals surface area (Å²) in [4.78, 5) is 18.2. The average Bonchev–Trinajstić information content (AvgIpc) is 3.94. The van der Waals surface area contributed by atoms with Crippen LogP contribution in [0.4, 0.5) is 4.79 Å². The fourth-order valence-corrected chi connectivity index (χ4v) is 12.4. The van der Waals surface area contributed by atoms with Gasteiger partial charge < -0.3 is 33.5 Å². The first kappa shape index (κ1) is 43.7. The van der Waals surface area contributed by atoms with Gasteiger partial charge in [-0.05, 0) is 72.7 Å². The van der Waals surface area contributed by atoms with Gasteiger partial charge in [0.2, 0.25) is 6.79 Å². The van der Waals surface area contributed by atoms with Gasteiger partial charge in [-0.2, -0.15) is 17.0 Å². The van der Waals surface area contributed by atoms with Crippen LogP contribution in [0.25, 0.3) is 11.1 Å². The van der Waals surface area contributed by atoms with Gasteiger partial charge in [-0.3, -0.25) is 15.1 Å². The van der Waals surface area contributed by atoms with E-state index in [0.29, 0.717) is 41.6 Å². The fourth-order valence-electron chi connectivity index (χ4n) is 11.3. The molecule has 6 atom stereocenters. The first-order valence-electron chi connectivity index (χ1n) is 22.5. The molecule has 5 aromatic rings. The number of ether oxygens (including phenoxy) is 6. The van der Waals surface area contributed by atoms with Gasteiger partial charge in [0.1, 0.15) is 31.2 Å². The summed E-state index contributed by atoms with van der Waals surface area (Å²) in [7, 11) is 3.62. The Balaban J connectivity index is 1.02. The number of likely N-dealkylation sites (N-methyl/N-ethyl adjacent to an activating group) is 1. The normalized spacial score (nSPS) is 21.6. The number of fused-ring (bicyclic) bond motifs is 12. The number of aromatic hydroxyl groups is 1. The van der Waals surface area contributed by atoms with E-state index in [1.807, 2.05) is 51.2 Å². The molecule has 0 aromatic heterocycles. The molecular weight excluding hydrogens is 853 g/mol. The smallest absolute Gasteiger partial charge is 0.409 e. The number of benzene rings is 5. The van der Waals surface area contributed by atoms with Crippen molar-refractivity contribution >= 4 is 17.9 Å². The molecule has 0 radical (unpaired) electrons. The monoisotopic (exact) mass is 906 g/mol. The molecular formula is C53H54N4O8S. The largest absolute Gasteiger partial charge is 0.504 e. The van der Waals surface area contributed by atoms with E-state index in [2.05, 4.69) is 82.4 Å². The molecule has 340 valence electrons. The van der Waals surface area contributed by atoms with Crippen molar-refractivity contribution in [1.29, 1.82) is 5.26 Å². The van der Waals surface area contributed by atoms with Crippen molar-refractivity contribution in [2.45, 2.75) is 75.7 Å². The Morgan fingerprint density at radius 3 is 2.41 bits per heavy atom. The van der Waals surface area contributed by atoms with E-state index in [1.165, 1.54) is 22.3 Å². The summed E-state index contributed by atoms with van der Waals surface area (Å²) < 4.78 is 37.6. The highest BCUT2D eigenvalue weighted by Gasteiger charge is 2.57. The molecule has 12 nitrogen and oxygen atoms in total. The SMILES string of the molecule is C=CCOc1c(C)c2c(c3c1CC1[C@H]4c5c(cc(C)c(OC)c5O)C[C@@H]([C@H](C#N)N1[C@H]3COC(CSCC1c3ccccc3-c3ccccc31)NC(=O)OCc1ccccc1)N4C)OCO2. The zero-order valence-corrected chi connectivity index (χ0v) is 38.4. The number of amides is 1. The number of carbonyl (C=O) groups excluding carboxylic acids is 1. The van der Waals surface area contributed by atoms with Crippen molar-refractivity contribution in [3.63, 3.8) is 0 Å². The number of hydrogen-bond donors (Lipinski definition) is 2. The quantitative estimate of drug-likeness (QED) is 0.0814. The molecule has 2 bridgehead atoms. The number of phenolic OH excluding ortho intramolecular Hbond substituents is 1. The van der Waals surface area contributed by atoms with Crippen molar-refractivity contribution in [3.8, 4) is 45.9 Å². The van der Waals surface area contributed by atoms with Crippen molar-refractivity contribution in [2.75, 3.05) is 45.7 Å². The van der Waals surface area contributed by atoms with Gasteiger partial charge in [-0.1, -0.05) is 97.6 Å². The molecule has 1 amide bonds. The number of alkyl carbamates (subject to hydrolysis) is 1. The topological polar surface area (TPSA) is 135 Å². The van der Waals surface area contributed by atoms with Crippen molar-refractivity contribution in [3.05, 3.63) is 148 Å². The molecule has 1 fully saturated rings. The minimum atomic E-state index is -0.786. The fraction of sp³-hybridized carbons (Fsp3) is 0.358. The van der Waals surface area contributed by atoms with Gasteiger partial charge >= 0.3 is 6.09 Å². The number of nitriles is 1. The molecule has 4 heterocycles. The van der Waals surface area contributed by atoms with Crippen LogP contribution in [-0.2, 0) is 28.9 Å². The highest BCUT2D eigenvalue weighted by Crippen LogP contribution is 2.58. The van der Waals surface area contributed by atoms with E-state index in [4.69, 9.17) is 28.4 Å². The predicted octanol–water partition coefficient (Wildman–Crippen LogP) is 8.90. The van der Waals surface area contributed by atoms with Crippen LogP contribution in [0.3, 0.4) is 0 Å². The number of methoxy groups -OCH3 is 1. The lowest BCUT2D eigenvalue weighted by Crippen LogP contribution is -2.68. The minimum Gasteiger partial charge on any atom is -0.504 e. The molecule has 2 unspecified atom stereocenters. The zero-order chi connectivity index (χ0) is 45.6. The number of phenols is 1. The number of thioether (sulfide) groups is 1. The summed E-state index contributed by atoms with van der Waals surface area (Å²) in [6.07, 6.45) is 1.35. The number of hydrogen-bond acceptors (Lipinski definition) is 12. The second kappa shape index (κ2) is 18.2. The number of nitrogens with zero attached hydrogens (tertiary/aromatic N) is 3. The Hall–Kier alpha value is -6.17. The van der Waals surface area contributed by atoms with E-state index < -0.39 is 24.4 Å². The third-order valence-corrected chi connectivity index (χ3v) is 15.2. The van der Waals surface area contributed by atoms with Gasteiger partial charge in [0.15, 0.2) is 23.0 Å². The van der Waals surface area contributed by atoms with Crippen LogP contribution >= 0.6 is 11.8 Å². The van der Waals surface area contributed by atoms with Gasteiger partial charge in [-0.15, -0.1) is 0 Å². The number of rotatable bonds is 14. The van der Waals surface area contributed by atoms with Gasteiger partial charge in [-0.25, -0.2) is 4.79 Å². The number of nitrogens with one attached hydrogen (secondary N) is 1. The van der Waals surface area contributed by atoms with Crippen LogP contribution in [0.1, 0.15) is 68.1 Å². The first-order chi connectivity index (χ1) is 32.2. The van der Waals surface area contributed by atoms with E-state index in [-0.39, 0.29) is 56.4 Å². The second-order valence-corrected chi connectivity index (χ2v) is 18.7. The summed E-state index contributed by atoms with van der Waals surface area (Å²) in [5, 5.41) is 26.4. The summed E-state index contributed by atoms with van der Waals surface area (Å²) >= 11 is 1.71. The molecule has 66 heavy (non-hydrogen) atoms.